The van der Waals surface area contributed by atoms with E-state index in [0.29, 0.717) is 11.3 Å². The highest BCUT2D eigenvalue weighted by atomic mass is 32.2. The number of nitrogens with two attached hydrogens (primary N) is 1. The van der Waals surface area contributed by atoms with E-state index in [1.54, 1.807) is 11.1 Å². The summed E-state index contributed by atoms with van der Waals surface area (Å²) in [5.41, 5.74) is 11.1. The number of benzene rings is 1. The summed E-state index contributed by atoms with van der Waals surface area (Å²) in [5, 5.41) is 1.38. The zero-order chi connectivity index (χ0) is 13.9. The molecule has 3 unspecified atom stereocenters. The van der Waals surface area contributed by atoms with Gasteiger partial charge in [0.05, 0.1) is 0 Å². The van der Waals surface area contributed by atoms with Crippen molar-refractivity contribution >= 4 is 23.5 Å². The first-order valence-electron chi connectivity index (χ1n) is 7.87. The topological polar surface area (TPSA) is 26.0 Å². The molecule has 0 bridgehead atoms. The average Bonchev–Trinajstić information content (AvgIpc) is 2.94. The van der Waals surface area contributed by atoms with Gasteiger partial charge in [0.2, 0.25) is 0 Å². The first-order chi connectivity index (χ1) is 9.78. The maximum absolute atomic E-state index is 6.56. The van der Waals surface area contributed by atoms with E-state index in [9.17, 15) is 0 Å². The van der Waals surface area contributed by atoms with Crippen molar-refractivity contribution in [1.29, 1.82) is 0 Å². The van der Waals surface area contributed by atoms with Gasteiger partial charge in [0, 0.05) is 28.0 Å². The van der Waals surface area contributed by atoms with Crippen LogP contribution in [0.2, 0.25) is 0 Å². The smallest absolute Gasteiger partial charge is 0.0321 e. The molecule has 3 rings (SSSR count). The minimum absolute atomic E-state index is 0.303. The Morgan fingerprint density at radius 3 is 2.85 bits per heavy atom. The summed E-state index contributed by atoms with van der Waals surface area (Å²) >= 11 is 4.23. The highest BCUT2D eigenvalue weighted by molar-refractivity contribution is 8.07. The van der Waals surface area contributed by atoms with Crippen LogP contribution in [0, 0.1) is 0 Å². The third-order valence-electron chi connectivity index (χ3n) is 4.55. The van der Waals surface area contributed by atoms with E-state index >= 15 is 0 Å². The number of hydrogen-bond acceptors (Lipinski definition) is 3. The summed E-state index contributed by atoms with van der Waals surface area (Å²) in [5.74, 6) is 2.56. The van der Waals surface area contributed by atoms with Crippen LogP contribution in [0.1, 0.15) is 36.5 Å². The first kappa shape index (κ1) is 14.8. The summed E-state index contributed by atoms with van der Waals surface area (Å²) in [7, 11) is 0. The van der Waals surface area contributed by atoms with Crippen LogP contribution in [-0.2, 0) is 19.3 Å². The molecule has 3 heteroatoms. The zero-order valence-electron chi connectivity index (χ0n) is 12.3. The van der Waals surface area contributed by atoms with Crippen LogP contribution in [0.5, 0.6) is 0 Å². The Bertz CT molecular complexity index is 460. The van der Waals surface area contributed by atoms with E-state index in [4.69, 9.17) is 5.73 Å². The molecule has 0 amide bonds. The maximum Gasteiger partial charge on any atom is 0.0321 e. The lowest BCUT2D eigenvalue weighted by Gasteiger charge is -2.34. The van der Waals surface area contributed by atoms with Gasteiger partial charge in [-0.15, -0.1) is 0 Å². The molecular weight excluding hydrogens is 282 g/mol. The molecule has 1 nitrogen and oxygen atoms in total. The SMILES string of the molecule is CCC1SCCSC1C(N)Cc1ccc2c(c1)CCC2. The first-order valence-corrected chi connectivity index (χ1v) is 9.97. The summed E-state index contributed by atoms with van der Waals surface area (Å²) in [6.45, 7) is 2.30. The van der Waals surface area contributed by atoms with Crippen LogP contribution < -0.4 is 5.73 Å². The second kappa shape index (κ2) is 6.76. The van der Waals surface area contributed by atoms with E-state index < -0.39 is 0 Å². The second-order valence-electron chi connectivity index (χ2n) is 5.98. The van der Waals surface area contributed by atoms with E-state index in [1.165, 1.54) is 42.8 Å². The molecule has 1 aliphatic heterocycles. The fourth-order valence-electron chi connectivity index (χ4n) is 3.48. The number of fused-ring (bicyclic) bond motifs is 1. The molecule has 0 aromatic heterocycles. The number of aryl methyl sites for hydroxylation is 2. The van der Waals surface area contributed by atoms with Gasteiger partial charge < -0.3 is 5.73 Å². The maximum atomic E-state index is 6.56. The monoisotopic (exact) mass is 307 g/mol. The molecule has 1 aliphatic carbocycles. The highest BCUT2D eigenvalue weighted by Gasteiger charge is 2.30. The third kappa shape index (κ3) is 3.20. The molecule has 2 aliphatic rings. The molecule has 1 aromatic carbocycles. The van der Waals surface area contributed by atoms with E-state index in [-0.39, 0.29) is 0 Å². The molecule has 1 saturated heterocycles. The Morgan fingerprint density at radius 1 is 1.20 bits per heavy atom. The third-order valence-corrected chi connectivity index (χ3v) is 7.98. The van der Waals surface area contributed by atoms with Gasteiger partial charge in [0.15, 0.2) is 0 Å². The van der Waals surface area contributed by atoms with Crippen molar-refractivity contribution in [3.63, 3.8) is 0 Å². The molecule has 2 N–H and O–H groups in total. The predicted octanol–water partition coefficient (Wildman–Crippen LogP) is 3.67. The van der Waals surface area contributed by atoms with Crippen LogP contribution in [-0.4, -0.2) is 28.0 Å². The molecular formula is C17H25NS2. The average molecular weight is 308 g/mol. The van der Waals surface area contributed by atoms with Gasteiger partial charge >= 0.3 is 0 Å². The summed E-state index contributed by atoms with van der Waals surface area (Å²) in [4.78, 5) is 0. The fraction of sp³-hybridized carbons (Fsp3) is 0.647. The Morgan fingerprint density at radius 2 is 2.00 bits per heavy atom. The lowest BCUT2D eigenvalue weighted by molar-refractivity contribution is 0.597. The Hall–Kier alpha value is -0.120. The predicted molar refractivity (Wildman–Crippen MR) is 92.9 cm³/mol. The largest absolute Gasteiger partial charge is 0.326 e. The van der Waals surface area contributed by atoms with Crippen molar-refractivity contribution < 1.29 is 0 Å². The molecule has 1 aromatic rings. The van der Waals surface area contributed by atoms with Crippen molar-refractivity contribution in [3.8, 4) is 0 Å². The van der Waals surface area contributed by atoms with E-state index in [1.807, 2.05) is 0 Å². The Balaban J connectivity index is 1.67. The minimum Gasteiger partial charge on any atom is -0.326 e. The molecule has 0 saturated carbocycles. The second-order valence-corrected chi connectivity index (χ2v) is 8.61. The summed E-state index contributed by atoms with van der Waals surface area (Å²) in [6.07, 6.45) is 6.17. The minimum atomic E-state index is 0.303. The van der Waals surface area contributed by atoms with Crippen LogP contribution in [0.15, 0.2) is 18.2 Å². The lowest BCUT2D eigenvalue weighted by atomic mass is 9.98. The van der Waals surface area contributed by atoms with Crippen LogP contribution >= 0.6 is 23.5 Å². The molecule has 0 spiro atoms. The Labute approximate surface area is 131 Å². The van der Waals surface area contributed by atoms with Crippen molar-refractivity contribution in [1.82, 2.24) is 0 Å². The Kier molecular flexibility index (Phi) is 5.00. The van der Waals surface area contributed by atoms with Gasteiger partial charge in [0.1, 0.15) is 0 Å². The molecule has 0 radical (unpaired) electrons. The van der Waals surface area contributed by atoms with Gasteiger partial charge in [-0.25, -0.2) is 0 Å². The van der Waals surface area contributed by atoms with Gasteiger partial charge in [-0.3, -0.25) is 0 Å². The van der Waals surface area contributed by atoms with E-state index in [2.05, 4.69) is 48.6 Å². The van der Waals surface area contributed by atoms with Crippen LogP contribution in [0.4, 0.5) is 0 Å². The van der Waals surface area contributed by atoms with Gasteiger partial charge in [-0.2, -0.15) is 23.5 Å². The van der Waals surface area contributed by atoms with Gasteiger partial charge in [-0.05, 0) is 48.8 Å². The standard InChI is InChI=1S/C17H25NS2/c1-2-16-17(20-9-8-19-16)15(18)11-12-6-7-13-4-3-5-14(13)10-12/h6-7,10,15-17H,2-5,8-9,11,18H2,1H3. The van der Waals surface area contributed by atoms with Gasteiger partial charge in [-0.1, -0.05) is 25.1 Å². The molecule has 1 heterocycles. The van der Waals surface area contributed by atoms with Crippen molar-refractivity contribution in [2.45, 2.75) is 55.6 Å². The van der Waals surface area contributed by atoms with Crippen LogP contribution in [0.3, 0.4) is 0 Å². The molecule has 1 fully saturated rings. The zero-order valence-corrected chi connectivity index (χ0v) is 13.9. The molecule has 110 valence electrons. The van der Waals surface area contributed by atoms with Crippen molar-refractivity contribution in [3.05, 3.63) is 34.9 Å². The lowest BCUT2D eigenvalue weighted by Crippen LogP contribution is -2.43. The van der Waals surface area contributed by atoms with Gasteiger partial charge in [0.25, 0.3) is 0 Å². The van der Waals surface area contributed by atoms with Crippen molar-refractivity contribution in [2.75, 3.05) is 11.5 Å². The number of thioether (sulfide) groups is 2. The fourth-order valence-corrected chi connectivity index (χ4v) is 6.67. The quantitative estimate of drug-likeness (QED) is 0.919. The highest BCUT2D eigenvalue weighted by Crippen LogP contribution is 2.35. The number of rotatable bonds is 4. The molecule has 20 heavy (non-hydrogen) atoms. The molecule has 3 atom stereocenters. The van der Waals surface area contributed by atoms with E-state index in [0.717, 1.165) is 11.7 Å². The van der Waals surface area contributed by atoms with Crippen LogP contribution in [0.25, 0.3) is 0 Å². The summed E-state index contributed by atoms with van der Waals surface area (Å²) < 4.78 is 0. The number of hydrogen-bond donors (Lipinski definition) is 1. The normalized spacial score (nSPS) is 27.3. The van der Waals surface area contributed by atoms with Crippen molar-refractivity contribution in [2.24, 2.45) is 5.73 Å². The summed E-state index contributed by atoms with van der Waals surface area (Å²) in [6, 6.07) is 7.37.